The Morgan fingerprint density at radius 1 is 1.21 bits per heavy atom. The summed E-state index contributed by atoms with van der Waals surface area (Å²) in [4.78, 5) is 2.45. The summed E-state index contributed by atoms with van der Waals surface area (Å²) in [5.41, 5.74) is 3.85. The van der Waals surface area contributed by atoms with Crippen molar-refractivity contribution in [1.82, 2.24) is 14.7 Å². The minimum atomic E-state index is 0.147. The molecule has 0 saturated carbocycles. The van der Waals surface area contributed by atoms with E-state index in [-0.39, 0.29) is 6.61 Å². The third-order valence-electron chi connectivity index (χ3n) is 3.56. The van der Waals surface area contributed by atoms with Gasteiger partial charge in [-0.3, -0.25) is 9.58 Å². The summed E-state index contributed by atoms with van der Waals surface area (Å²) in [7, 11) is 0. The van der Waals surface area contributed by atoms with Gasteiger partial charge in [0.2, 0.25) is 0 Å². The molecule has 0 atom stereocenters. The molecule has 0 radical (unpaired) electrons. The Morgan fingerprint density at radius 2 is 2.05 bits per heavy atom. The van der Waals surface area contributed by atoms with E-state index < -0.39 is 0 Å². The van der Waals surface area contributed by atoms with Crippen LogP contribution in [0.25, 0.3) is 0 Å². The first-order valence-corrected chi connectivity index (χ1v) is 6.77. The van der Waals surface area contributed by atoms with Crippen LogP contribution in [0, 0.1) is 0 Å². The molecule has 1 aliphatic rings. The molecule has 0 amide bonds. The number of rotatable bonds is 4. The number of aliphatic hydroxyl groups is 1. The van der Waals surface area contributed by atoms with Crippen LogP contribution in [0.5, 0.6) is 0 Å². The Kier molecular flexibility index (Phi) is 3.62. The Hall–Kier alpha value is -1.65. The predicted molar refractivity (Wildman–Crippen MR) is 73.6 cm³/mol. The van der Waals surface area contributed by atoms with Crippen LogP contribution < -0.4 is 0 Å². The molecular weight excluding hydrogens is 238 g/mol. The Labute approximate surface area is 113 Å². The van der Waals surface area contributed by atoms with Crippen LogP contribution in [0.15, 0.2) is 36.5 Å². The third-order valence-corrected chi connectivity index (χ3v) is 3.56. The lowest BCUT2D eigenvalue weighted by atomic mass is 10.1. The van der Waals surface area contributed by atoms with Crippen LogP contribution in [0.2, 0.25) is 0 Å². The zero-order valence-electron chi connectivity index (χ0n) is 11.0. The number of benzene rings is 1. The van der Waals surface area contributed by atoms with Crippen LogP contribution in [0.1, 0.15) is 16.8 Å². The first kappa shape index (κ1) is 12.4. The van der Waals surface area contributed by atoms with Gasteiger partial charge in [-0.15, -0.1) is 0 Å². The molecule has 19 heavy (non-hydrogen) atoms. The van der Waals surface area contributed by atoms with E-state index in [4.69, 9.17) is 5.11 Å². The zero-order valence-corrected chi connectivity index (χ0v) is 11.0. The molecule has 2 aromatic rings. The second-order valence-corrected chi connectivity index (χ2v) is 5.03. The topological polar surface area (TPSA) is 41.3 Å². The fourth-order valence-corrected chi connectivity index (χ4v) is 2.62. The van der Waals surface area contributed by atoms with Gasteiger partial charge in [0.15, 0.2) is 0 Å². The SMILES string of the molecule is OCCn1cc2c(n1)CCN(Cc1ccccc1)C2. The molecule has 1 aromatic heterocycles. The minimum Gasteiger partial charge on any atom is -0.394 e. The molecule has 4 nitrogen and oxygen atoms in total. The average Bonchev–Trinajstić information content (AvgIpc) is 2.82. The van der Waals surface area contributed by atoms with Crippen molar-refractivity contribution >= 4 is 0 Å². The van der Waals surface area contributed by atoms with Gasteiger partial charge in [0.25, 0.3) is 0 Å². The Morgan fingerprint density at radius 3 is 2.84 bits per heavy atom. The molecule has 0 spiro atoms. The maximum atomic E-state index is 8.96. The molecule has 0 unspecified atom stereocenters. The standard InChI is InChI=1S/C15H19N3O/c19-9-8-18-12-14-11-17(7-6-15(14)16-18)10-13-4-2-1-3-5-13/h1-5,12,19H,6-11H2. The van der Waals surface area contributed by atoms with Crippen LogP contribution in [-0.4, -0.2) is 32.9 Å². The fraction of sp³-hybridized carbons (Fsp3) is 0.400. The lowest BCUT2D eigenvalue weighted by Gasteiger charge is -2.25. The van der Waals surface area contributed by atoms with E-state index in [2.05, 4.69) is 46.5 Å². The van der Waals surface area contributed by atoms with Crippen molar-refractivity contribution in [3.05, 3.63) is 53.3 Å². The Bertz CT molecular complexity index is 536. The van der Waals surface area contributed by atoms with Gasteiger partial charge in [0, 0.05) is 37.8 Å². The monoisotopic (exact) mass is 257 g/mol. The minimum absolute atomic E-state index is 0.147. The number of nitrogens with zero attached hydrogens (tertiary/aromatic N) is 3. The first-order valence-electron chi connectivity index (χ1n) is 6.77. The lowest BCUT2D eigenvalue weighted by molar-refractivity contribution is 0.244. The summed E-state index contributed by atoms with van der Waals surface area (Å²) < 4.78 is 1.86. The van der Waals surface area contributed by atoms with Gasteiger partial charge in [-0.05, 0) is 5.56 Å². The fourth-order valence-electron chi connectivity index (χ4n) is 2.62. The van der Waals surface area contributed by atoms with Gasteiger partial charge in [-0.2, -0.15) is 5.10 Å². The van der Waals surface area contributed by atoms with E-state index in [1.165, 1.54) is 16.8 Å². The maximum absolute atomic E-state index is 8.96. The summed E-state index contributed by atoms with van der Waals surface area (Å²) in [5, 5.41) is 13.5. The highest BCUT2D eigenvalue weighted by molar-refractivity contribution is 5.21. The highest BCUT2D eigenvalue weighted by atomic mass is 16.3. The molecule has 1 N–H and O–H groups in total. The van der Waals surface area contributed by atoms with Gasteiger partial charge >= 0.3 is 0 Å². The van der Waals surface area contributed by atoms with Gasteiger partial charge in [-0.1, -0.05) is 30.3 Å². The molecule has 4 heteroatoms. The van der Waals surface area contributed by atoms with E-state index in [9.17, 15) is 0 Å². The van der Waals surface area contributed by atoms with Crippen LogP contribution in [-0.2, 0) is 26.1 Å². The van der Waals surface area contributed by atoms with E-state index in [1.54, 1.807) is 0 Å². The normalized spacial score (nSPS) is 15.4. The van der Waals surface area contributed by atoms with Gasteiger partial charge in [-0.25, -0.2) is 0 Å². The molecular formula is C15H19N3O. The summed E-state index contributed by atoms with van der Waals surface area (Å²) in [6, 6.07) is 10.6. The summed E-state index contributed by atoms with van der Waals surface area (Å²) in [6.07, 6.45) is 3.07. The number of hydrogen-bond acceptors (Lipinski definition) is 3. The molecule has 1 aromatic carbocycles. The highest BCUT2D eigenvalue weighted by Crippen LogP contribution is 2.19. The smallest absolute Gasteiger partial charge is 0.0682 e. The second-order valence-electron chi connectivity index (χ2n) is 5.03. The molecule has 2 heterocycles. The number of hydrogen-bond donors (Lipinski definition) is 1. The van der Waals surface area contributed by atoms with Gasteiger partial charge in [0.1, 0.15) is 0 Å². The largest absolute Gasteiger partial charge is 0.394 e. The quantitative estimate of drug-likeness (QED) is 0.901. The second kappa shape index (κ2) is 5.55. The van der Waals surface area contributed by atoms with E-state index in [1.807, 2.05) is 4.68 Å². The van der Waals surface area contributed by atoms with Crippen LogP contribution >= 0.6 is 0 Å². The van der Waals surface area contributed by atoms with Crippen molar-refractivity contribution < 1.29 is 5.11 Å². The van der Waals surface area contributed by atoms with Crippen molar-refractivity contribution in [1.29, 1.82) is 0 Å². The Balaban J connectivity index is 1.68. The molecule has 0 bridgehead atoms. The lowest BCUT2D eigenvalue weighted by Crippen LogP contribution is -2.29. The van der Waals surface area contributed by atoms with Gasteiger partial charge in [0.05, 0.1) is 18.8 Å². The van der Waals surface area contributed by atoms with E-state index in [0.29, 0.717) is 6.54 Å². The van der Waals surface area contributed by atoms with Crippen molar-refractivity contribution in [2.45, 2.75) is 26.1 Å². The van der Waals surface area contributed by atoms with Crippen molar-refractivity contribution in [3.8, 4) is 0 Å². The highest BCUT2D eigenvalue weighted by Gasteiger charge is 2.19. The summed E-state index contributed by atoms with van der Waals surface area (Å²) >= 11 is 0. The molecule has 3 rings (SSSR count). The molecule has 100 valence electrons. The zero-order chi connectivity index (χ0) is 13.1. The molecule has 0 aliphatic carbocycles. The van der Waals surface area contributed by atoms with Crippen molar-refractivity contribution in [3.63, 3.8) is 0 Å². The van der Waals surface area contributed by atoms with Crippen molar-refractivity contribution in [2.24, 2.45) is 0 Å². The first-order chi connectivity index (χ1) is 9.35. The molecule has 1 aliphatic heterocycles. The van der Waals surface area contributed by atoms with Crippen LogP contribution in [0.4, 0.5) is 0 Å². The predicted octanol–water partition coefficient (Wildman–Crippen LogP) is 1.43. The maximum Gasteiger partial charge on any atom is 0.0682 e. The summed E-state index contributed by atoms with van der Waals surface area (Å²) in [6.45, 7) is 3.74. The van der Waals surface area contributed by atoms with Gasteiger partial charge < -0.3 is 5.11 Å². The number of aromatic nitrogens is 2. The van der Waals surface area contributed by atoms with Crippen molar-refractivity contribution in [2.75, 3.05) is 13.2 Å². The van der Waals surface area contributed by atoms with E-state index in [0.717, 1.165) is 26.1 Å². The number of fused-ring (bicyclic) bond motifs is 1. The van der Waals surface area contributed by atoms with Crippen LogP contribution in [0.3, 0.4) is 0 Å². The average molecular weight is 257 g/mol. The van der Waals surface area contributed by atoms with E-state index >= 15 is 0 Å². The third kappa shape index (κ3) is 2.85. The summed E-state index contributed by atoms with van der Waals surface area (Å²) in [5.74, 6) is 0. The molecule has 0 fully saturated rings. The molecule has 0 saturated heterocycles. The number of aliphatic hydroxyl groups excluding tert-OH is 1.